The Bertz CT molecular complexity index is 663. The van der Waals surface area contributed by atoms with Crippen LogP contribution in [-0.4, -0.2) is 37.2 Å². The average Bonchev–Trinajstić information content (AvgIpc) is 2.53. The van der Waals surface area contributed by atoms with Crippen molar-refractivity contribution in [2.24, 2.45) is 0 Å². The van der Waals surface area contributed by atoms with Gasteiger partial charge in [0.2, 0.25) is 0 Å². The van der Waals surface area contributed by atoms with Crippen molar-refractivity contribution >= 4 is 23.0 Å². The molecule has 0 spiro atoms. The highest BCUT2D eigenvalue weighted by Gasteiger charge is 2.12. The zero-order valence-electron chi connectivity index (χ0n) is 15.8. The maximum atomic E-state index is 5.73. The van der Waals surface area contributed by atoms with Gasteiger partial charge in [-0.3, -0.25) is 0 Å². The minimum absolute atomic E-state index is 0.794. The van der Waals surface area contributed by atoms with Crippen molar-refractivity contribution in [3.05, 3.63) is 65.2 Å². The monoisotopic (exact) mass is 356 g/mol. The highest BCUT2D eigenvalue weighted by atomic mass is 32.1. The van der Waals surface area contributed by atoms with E-state index in [9.17, 15) is 0 Å². The van der Waals surface area contributed by atoms with Crippen molar-refractivity contribution in [3.63, 3.8) is 0 Å². The molecule has 2 rings (SSSR count). The number of nitrogens with one attached hydrogen (secondary N) is 2. The minimum atomic E-state index is 0.794. The van der Waals surface area contributed by atoms with Crippen LogP contribution in [-0.2, 0) is 6.54 Å². The normalized spacial score (nSPS) is 10.8. The Kier molecular flexibility index (Phi) is 7.41. The van der Waals surface area contributed by atoms with E-state index in [1.165, 1.54) is 21.6 Å². The maximum absolute atomic E-state index is 5.73. The molecule has 0 saturated carbocycles. The number of quaternary nitrogens is 1. The molecule has 0 aliphatic carbocycles. The first-order chi connectivity index (χ1) is 11.9. The van der Waals surface area contributed by atoms with Crippen LogP contribution in [0.3, 0.4) is 0 Å². The van der Waals surface area contributed by atoms with Gasteiger partial charge >= 0.3 is 0 Å². The Morgan fingerprint density at radius 3 is 2.28 bits per heavy atom. The van der Waals surface area contributed by atoms with Gasteiger partial charge in [-0.25, -0.2) is 0 Å². The third-order valence-corrected chi connectivity index (χ3v) is 4.44. The summed E-state index contributed by atoms with van der Waals surface area (Å²) >= 11 is 5.73. The number of thiocarbonyl (C=S) groups is 1. The van der Waals surface area contributed by atoms with E-state index >= 15 is 0 Å². The number of benzene rings is 2. The van der Waals surface area contributed by atoms with Crippen LogP contribution in [0.25, 0.3) is 0 Å². The van der Waals surface area contributed by atoms with E-state index in [0.29, 0.717) is 0 Å². The first-order valence-corrected chi connectivity index (χ1v) is 9.32. The Morgan fingerprint density at radius 2 is 1.68 bits per heavy atom. The Labute approximate surface area is 157 Å². The van der Waals surface area contributed by atoms with E-state index in [1.54, 1.807) is 0 Å². The van der Waals surface area contributed by atoms with Crippen LogP contribution in [0, 0.1) is 13.8 Å². The highest BCUT2D eigenvalue weighted by Crippen LogP contribution is 2.15. The summed E-state index contributed by atoms with van der Waals surface area (Å²) in [4.78, 5) is 3.73. The summed E-state index contributed by atoms with van der Waals surface area (Å²) in [5, 5.41) is 4.23. The minimum Gasteiger partial charge on any atom is -0.344 e. The van der Waals surface area contributed by atoms with E-state index in [-0.39, 0.29) is 0 Å². The number of rotatable bonds is 7. The zero-order valence-corrected chi connectivity index (χ0v) is 16.6. The largest absolute Gasteiger partial charge is 0.344 e. The molecule has 0 unspecified atom stereocenters. The molecule has 0 atom stereocenters. The fourth-order valence-electron chi connectivity index (χ4n) is 2.93. The van der Waals surface area contributed by atoms with Crippen molar-refractivity contribution in [1.29, 1.82) is 0 Å². The van der Waals surface area contributed by atoms with Crippen molar-refractivity contribution in [2.45, 2.75) is 26.8 Å². The van der Waals surface area contributed by atoms with E-state index in [0.717, 1.165) is 36.9 Å². The molecule has 0 aliphatic rings. The maximum Gasteiger partial charge on any atom is 0.173 e. The van der Waals surface area contributed by atoms with Gasteiger partial charge in [0.15, 0.2) is 5.11 Å². The summed E-state index contributed by atoms with van der Waals surface area (Å²) in [5.41, 5.74) is 4.84. The van der Waals surface area contributed by atoms with Gasteiger partial charge in [-0.05, 0) is 54.9 Å². The smallest absolute Gasteiger partial charge is 0.173 e. The molecule has 0 heterocycles. The molecular formula is C21H30N3S+. The first-order valence-electron chi connectivity index (χ1n) is 8.91. The highest BCUT2D eigenvalue weighted by molar-refractivity contribution is 7.80. The molecule has 0 aromatic heterocycles. The fraction of sp³-hybridized carbons (Fsp3) is 0.381. The number of anilines is 1. The van der Waals surface area contributed by atoms with Gasteiger partial charge in [0.25, 0.3) is 0 Å². The molecule has 4 heteroatoms. The van der Waals surface area contributed by atoms with Gasteiger partial charge in [0.05, 0.1) is 20.6 Å². The molecule has 2 aromatic carbocycles. The Morgan fingerprint density at radius 1 is 1.04 bits per heavy atom. The quantitative estimate of drug-likeness (QED) is 0.744. The molecule has 0 radical (unpaired) electrons. The summed E-state index contributed by atoms with van der Waals surface area (Å²) in [6.07, 6.45) is 1.11. The number of nitrogens with zero attached hydrogens (tertiary/aromatic N) is 1. The molecule has 0 amide bonds. The predicted octanol–water partition coefficient (Wildman–Crippen LogP) is 3.04. The van der Waals surface area contributed by atoms with Gasteiger partial charge in [-0.15, -0.1) is 0 Å². The van der Waals surface area contributed by atoms with Crippen molar-refractivity contribution < 1.29 is 4.90 Å². The number of hydrogen-bond acceptors (Lipinski definition) is 1. The van der Waals surface area contributed by atoms with Crippen molar-refractivity contribution in [3.8, 4) is 0 Å². The van der Waals surface area contributed by atoms with E-state index in [2.05, 4.69) is 86.7 Å². The lowest BCUT2D eigenvalue weighted by Crippen LogP contribution is -3.05. The number of hydrogen-bond donors (Lipinski definition) is 2. The lowest BCUT2D eigenvalue weighted by atomic mass is 10.1. The molecule has 0 fully saturated rings. The topological polar surface area (TPSA) is 19.7 Å². The molecule has 0 bridgehead atoms. The van der Waals surface area contributed by atoms with Crippen LogP contribution in [0.4, 0.5) is 5.69 Å². The van der Waals surface area contributed by atoms with Gasteiger partial charge in [0.1, 0.15) is 0 Å². The lowest BCUT2D eigenvalue weighted by molar-refractivity contribution is -0.858. The fourth-order valence-corrected chi connectivity index (χ4v) is 3.20. The average molecular weight is 357 g/mol. The zero-order chi connectivity index (χ0) is 18.2. The molecule has 0 aliphatic heterocycles. The van der Waals surface area contributed by atoms with E-state index in [1.807, 2.05) is 0 Å². The molecule has 2 N–H and O–H groups in total. The van der Waals surface area contributed by atoms with Gasteiger partial charge in [0, 0.05) is 25.2 Å². The van der Waals surface area contributed by atoms with Crippen molar-refractivity contribution in [2.75, 3.05) is 32.5 Å². The van der Waals surface area contributed by atoms with Crippen LogP contribution in [0.2, 0.25) is 0 Å². The summed E-state index contributed by atoms with van der Waals surface area (Å²) in [6, 6.07) is 17.0. The third-order valence-electron chi connectivity index (χ3n) is 4.08. The van der Waals surface area contributed by atoms with Crippen LogP contribution >= 0.6 is 12.2 Å². The Hall–Kier alpha value is -1.91. The van der Waals surface area contributed by atoms with Crippen LogP contribution in [0.1, 0.15) is 23.1 Å². The van der Waals surface area contributed by atoms with Crippen LogP contribution in [0.5, 0.6) is 0 Å². The van der Waals surface area contributed by atoms with Crippen LogP contribution in [0.15, 0.2) is 48.5 Å². The van der Waals surface area contributed by atoms with E-state index < -0.39 is 0 Å². The van der Waals surface area contributed by atoms with Gasteiger partial charge in [-0.1, -0.05) is 36.4 Å². The van der Waals surface area contributed by atoms with Gasteiger partial charge in [-0.2, -0.15) is 0 Å². The van der Waals surface area contributed by atoms with E-state index in [4.69, 9.17) is 12.2 Å². The molecule has 25 heavy (non-hydrogen) atoms. The molecule has 3 nitrogen and oxygen atoms in total. The predicted molar refractivity (Wildman–Crippen MR) is 111 cm³/mol. The molecule has 134 valence electrons. The first kappa shape index (κ1) is 19.4. The Balaban J connectivity index is 2.07. The summed E-state index contributed by atoms with van der Waals surface area (Å²) in [7, 11) is 4.38. The molecule has 0 saturated heterocycles. The second-order valence-corrected chi connectivity index (χ2v) is 7.41. The molecular weight excluding hydrogens is 326 g/mol. The number of aryl methyl sites for hydroxylation is 2. The van der Waals surface area contributed by atoms with Crippen LogP contribution < -0.4 is 10.2 Å². The second kappa shape index (κ2) is 9.54. The standard InChI is InChI=1S/C21H29N3S/c1-17-13-18(2)15-20(14-17)22-21(25)24(12-8-11-23(3)4)16-19-9-6-5-7-10-19/h5-7,9-10,13-15H,8,11-12,16H2,1-4H3,(H,22,25)/p+1. The van der Waals surface area contributed by atoms with Crippen molar-refractivity contribution in [1.82, 2.24) is 4.90 Å². The van der Waals surface area contributed by atoms with Gasteiger partial charge < -0.3 is 15.1 Å². The summed E-state index contributed by atoms with van der Waals surface area (Å²) in [5.74, 6) is 0. The third kappa shape index (κ3) is 6.85. The lowest BCUT2D eigenvalue weighted by Gasteiger charge is -2.26. The summed E-state index contributed by atoms with van der Waals surface area (Å²) in [6.45, 7) is 7.15. The second-order valence-electron chi connectivity index (χ2n) is 7.02. The SMILES string of the molecule is Cc1cc(C)cc(NC(=S)N(CCC[NH+](C)C)Cc2ccccc2)c1. The molecule has 2 aromatic rings. The summed E-state index contributed by atoms with van der Waals surface area (Å²) < 4.78 is 0.